The van der Waals surface area contributed by atoms with Crippen molar-refractivity contribution < 1.29 is 8.42 Å². The van der Waals surface area contributed by atoms with Crippen molar-refractivity contribution in [2.24, 2.45) is 5.92 Å². The maximum atomic E-state index is 12.0. The molecule has 0 saturated carbocycles. The van der Waals surface area contributed by atoms with E-state index in [1.54, 1.807) is 0 Å². The van der Waals surface area contributed by atoms with Crippen LogP contribution in [0.25, 0.3) is 0 Å². The first kappa shape index (κ1) is 14.2. The first-order chi connectivity index (χ1) is 8.87. The molecule has 0 spiro atoms. The minimum absolute atomic E-state index is 0.115. The normalized spacial score (nSPS) is 18.8. The van der Waals surface area contributed by atoms with Gasteiger partial charge in [-0.2, -0.15) is 0 Å². The van der Waals surface area contributed by atoms with E-state index in [-0.39, 0.29) is 11.7 Å². The van der Waals surface area contributed by atoms with E-state index < -0.39 is 10.0 Å². The summed E-state index contributed by atoms with van der Waals surface area (Å²) < 4.78 is 26.8. The Balaban J connectivity index is 2.27. The summed E-state index contributed by atoms with van der Waals surface area (Å²) in [6.45, 7) is 5.92. The highest BCUT2D eigenvalue weighted by molar-refractivity contribution is 7.92. The van der Waals surface area contributed by atoms with Crippen LogP contribution < -0.4 is 10.0 Å². The number of nitrogens with one attached hydrogen (secondary N) is 2. The van der Waals surface area contributed by atoms with E-state index in [0.29, 0.717) is 11.7 Å². The maximum absolute atomic E-state index is 12.0. The lowest BCUT2D eigenvalue weighted by atomic mass is 9.98. The van der Waals surface area contributed by atoms with Gasteiger partial charge in [-0.05, 0) is 37.3 Å². The number of benzene rings is 1. The Hall–Kier alpha value is -1.23. The van der Waals surface area contributed by atoms with Crippen molar-refractivity contribution >= 4 is 21.4 Å². The van der Waals surface area contributed by atoms with E-state index in [1.165, 1.54) is 5.56 Å². The smallest absolute Gasteiger partial charge is 0.233 e. The van der Waals surface area contributed by atoms with Crippen molar-refractivity contribution in [3.05, 3.63) is 23.8 Å². The number of fused-ring (bicyclic) bond motifs is 1. The van der Waals surface area contributed by atoms with Crippen molar-refractivity contribution in [1.82, 2.24) is 0 Å². The molecule has 1 atom stereocenters. The Labute approximate surface area is 115 Å². The molecule has 4 nitrogen and oxygen atoms in total. The monoisotopic (exact) mass is 282 g/mol. The number of hydrogen-bond donors (Lipinski definition) is 2. The van der Waals surface area contributed by atoms with Crippen LogP contribution in [0.5, 0.6) is 0 Å². The third-order valence-electron chi connectivity index (χ3n) is 3.21. The lowest BCUT2D eigenvalue weighted by molar-refractivity contribution is 0.587. The van der Waals surface area contributed by atoms with Crippen molar-refractivity contribution in [2.45, 2.75) is 39.7 Å². The van der Waals surface area contributed by atoms with E-state index in [4.69, 9.17) is 0 Å². The van der Waals surface area contributed by atoms with Gasteiger partial charge in [0.2, 0.25) is 10.0 Å². The van der Waals surface area contributed by atoms with Crippen LogP contribution in [0.1, 0.15) is 32.8 Å². The van der Waals surface area contributed by atoms with Crippen molar-refractivity contribution in [2.75, 3.05) is 15.8 Å². The average Bonchev–Trinajstić information content (AvgIpc) is 2.27. The number of rotatable bonds is 4. The molecule has 0 fully saturated rings. The molecule has 2 rings (SSSR count). The summed E-state index contributed by atoms with van der Waals surface area (Å²) in [4.78, 5) is 0. The molecule has 106 valence electrons. The van der Waals surface area contributed by atoms with Gasteiger partial charge in [-0.1, -0.05) is 26.0 Å². The van der Waals surface area contributed by atoms with Gasteiger partial charge in [0, 0.05) is 6.04 Å². The van der Waals surface area contributed by atoms with Crippen LogP contribution in [0.4, 0.5) is 11.4 Å². The highest BCUT2D eigenvalue weighted by Crippen LogP contribution is 2.32. The zero-order valence-electron chi connectivity index (χ0n) is 11.7. The van der Waals surface area contributed by atoms with Crippen LogP contribution in [-0.2, 0) is 16.4 Å². The van der Waals surface area contributed by atoms with E-state index >= 15 is 0 Å². The number of aryl methyl sites for hydroxylation is 1. The first-order valence-corrected chi connectivity index (χ1v) is 8.41. The molecule has 0 radical (unpaired) electrons. The minimum atomic E-state index is -3.27. The fourth-order valence-electron chi connectivity index (χ4n) is 2.40. The van der Waals surface area contributed by atoms with Gasteiger partial charge in [-0.25, -0.2) is 8.42 Å². The van der Waals surface area contributed by atoms with Crippen LogP contribution >= 0.6 is 0 Å². The Bertz CT molecular complexity index is 553. The molecule has 0 saturated heterocycles. The zero-order valence-corrected chi connectivity index (χ0v) is 12.5. The summed E-state index contributed by atoms with van der Waals surface area (Å²) >= 11 is 0. The fraction of sp³-hybridized carbons (Fsp3) is 0.571. The molecule has 1 aromatic rings. The molecule has 1 aliphatic rings. The molecule has 0 bridgehead atoms. The summed E-state index contributed by atoms with van der Waals surface area (Å²) in [5, 5.41) is 3.38. The minimum Gasteiger partial charge on any atom is -0.381 e. The lowest BCUT2D eigenvalue weighted by Gasteiger charge is -2.26. The summed E-state index contributed by atoms with van der Waals surface area (Å²) in [5.74, 6) is 0.260. The standard InChI is InChI=1S/C14H22N2O2S/c1-10(2)9-19(17,18)16-13-6-4-5-12-8-7-11(3)15-14(12)13/h4-6,10-11,15-16H,7-9H2,1-3H3. The van der Waals surface area contributed by atoms with Crippen molar-refractivity contribution in [1.29, 1.82) is 0 Å². The van der Waals surface area contributed by atoms with Crippen LogP contribution in [0.2, 0.25) is 0 Å². The second-order valence-corrected chi connectivity index (χ2v) is 7.47. The highest BCUT2D eigenvalue weighted by atomic mass is 32.2. The molecule has 1 heterocycles. The Morgan fingerprint density at radius 1 is 1.42 bits per heavy atom. The van der Waals surface area contributed by atoms with E-state index in [1.807, 2.05) is 26.0 Å². The third kappa shape index (κ3) is 3.62. The Morgan fingerprint density at radius 3 is 2.84 bits per heavy atom. The van der Waals surface area contributed by atoms with Crippen LogP contribution in [0.15, 0.2) is 18.2 Å². The van der Waals surface area contributed by atoms with E-state index in [2.05, 4.69) is 23.0 Å². The first-order valence-electron chi connectivity index (χ1n) is 6.76. The molecule has 1 unspecified atom stereocenters. The molecule has 0 amide bonds. The predicted octanol–water partition coefficient (Wildman–Crippen LogP) is 2.83. The molecule has 19 heavy (non-hydrogen) atoms. The molecule has 0 aliphatic carbocycles. The third-order valence-corrected chi connectivity index (χ3v) is 4.84. The summed E-state index contributed by atoms with van der Waals surface area (Å²) in [6.07, 6.45) is 2.07. The van der Waals surface area contributed by atoms with Gasteiger partial charge in [0.15, 0.2) is 0 Å². The topological polar surface area (TPSA) is 58.2 Å². The predicted molar refractivity (Wildman–Crippen MR) is 80.1 cm³/mol. The quantitative estimate of drug-likeness (QED) is 0.893. The Morgan fingerprint density at radius 2 is 2.16 bits per heavy atom. The summed E-state index contributed by atoms with van der Waals surface area (Å²) in [5.41, 5.74) is 2.79. The molecule has 0 aromatic heterocycles. The Kier molecular flexibility index (Phi) is 4.04. The van der Waals surface area contributed by atoms with Gasteiger partial charge in [0.25, 0.3) is 0 Å². The summed E-state index contributed by atoms with van der Waals surface area (Å²) in [7, 11) is -3.27. The molecule has 1 aromatic carbocycles. The van der Waals surface area contributed by atoms with E-state index in [0.717, 1.165) is 18.5 Å². The second-order valence-electron chi connectivity index (χ2n) is 5.70. The molecular formula is C14H22N2O2S. The fourth-order valence-corrected chi connectivity index (χ4v) is 3.87. The number of hydrogen-bond acceptors (Lipinski definition) is 3. The number of anilines is 2. The summed E-state index contributed by atoms with van der Waals surface area (Å²) in [6, 6.07) is 6.16. The van der Waals surface area contributed by atoms with Crippen LogP contribution in [0, 0.1) is 5.92 Å². The van der Waals surface area contributed by atoms with E-state index in [9.17, 15) is 8.42 Å². The van der Waals surface area contributed by atoms with Crippen molar-refractivity contribution in [3.8, 4) is 0 Å². The van der Waals surface area contributed by atoms with Gasteiger partial charge in [-0.15, -0.1) is 0 Å². The van der Waals surface area contributed by atoms with Crippen LogP contribution in [0.3, 0.4) is 0 Å². The molecular weight excluding hydrogens is 260 g/mol. The van der Waals surface area contributed by atoms with Crippen molar-refractivity contribution in [3.63, 3.8) is 0 Å². The number of sulfonamides is 1. The zero-order chi connectivity index (χ0) is 14.0. The number of para-hydroxylation sites is 1. The maximum Gasteiger partial charge on any atom is 0.233 e. The second kappa shape index (κ2) is 5.41. The van der Waals surface area contributed by atoms with Gasteiger partial charge in [0.1, 0.15) is 0 Å². The van der Waals surface area contributed by atoms with Gasteiger partial charge in [0.05, 0.1) is 17.1 Å². The largest absolute Gasteiger partial charge is 0.381 e. The van der Waals surface area contributed by atoms with Gasteiger partial charge >= 0.3 is 0 Å². The lowest BCUT2D eigenvalue weighted by Crippen LogP contribution is -2.25. The molecule has 2 N–H and O–H groups in total. The van der Waals surface area contributed by atoms with Gasteiger partial charge < -0.3 is 5.32 Å². The van der Waals surface area contributed by atoms with Crippen LogP contribution in [-0.4, -0.2) is 20.2 Å². The highest BCUT2D eigenvalue weighted by Gasteiger charge is 2.20. The molecule has 1 aliphatic heterocycles. The molecule has 5 heteroatoms. The average molecular weight is 282 g/mol. The van der Waals surface area contributed by atoms with Gasteiger partial charge in [-0.3, -0.25) is 4.72 Å². The SMILES string of the molecule is CC(C)CS(=O)(=O)Nc1cccc2c1NC(C)CC2.